The van der Waals surface area contributed by atoms with Crippen LogP contribution in [-0.4, -0.2) is 35.6 Å². The molecule has 1 saturated heterocycles. The molecular formula is C20H24N4. The molecule has 0 saturated carbocycles. The van der Waals surface area contributed by atoms with Gasteiger partial charge in [-0.1, -0.05) is 12.1 Å². The van der Waals surface area contributed by atoms with E-state index in [4.69, 9.17) is 0 Å². The van der Waals surface area contributed by atoms with Crippen LogP contribution in [0, 0.1) is 20.8 Å². The Labute approximate surface area is 143 Å². The van der Waals surface area contributed by atoms with Crippen LogP contribution >= 0.6 is 0 Å². The van der Waals surface area contributed by atoms with Crippen molar-refractivity contribution in [2.75, 3.05) is 36.0 Å². The summed E-state index contributed by atoms with van der Waals surface area (Å²) in [6, 6.07) is 10.9. The summed E-state index contributed by atoms with van der Waals surface area (Å²) in [7, 11) is 0. The SMILES string of the molecule is Cc1ccn2c(N3CCN(c4cccc(C)c4C)CC3)cnc2c1. The van der Waals surface area contributed by atoms with E-state index in [0.717, 1.165) is 31.8 Å². The van der Waals surface area contributed by atoms with Gasteiger partial charge in [0, 0.05) is 38.1 Å². The first-order valence-electron chi connectivity index (χ1n) is 8.63. The van der Waals surface area contributed by atoms with Gasteiger partial charge in [-0.05, 0) is 55.7 Å². The highest BCUT2D eigenvalue weighted by Gasteiger charge is 2.21. The molecule has 0 aliphatic carbocycles. The van der Waals surface area contributed by atoms with Crippen LogP contribution in [0.15, 0.2) is 42.7 Å². The number of hydrogen-bond donors (Lipinski definition) is 0. The van der Waals surface area contributed by atoms with Crippen molar-refractivity contribution < 1.29 is 0 Å². The van der Waals surface area contributed by atoms with Crippen molar-refractivity contribution in [3.63, 3.8) is 0 Å². The first-order valence-corrected chi connectivity index (χ1v) is 8.63. The highest BCUT2D eigenvalue weighted by Crippen LogP contribution is 2.25. The predicted octanol–water partition coefficient (Wildman–Crippen LogP) is 3.59. The molecule has 0 unspecified atom stereocenters. The maximum atomic E-state index is 4.57. The molecule has 2 aromatic heterocycles. The van der Waals surface area contributed by atoms with Gasteiger partial charge in [-0.15, -0.1) is 0 Å². The molecule has 0 atom stereocenters. The van der Waals surface area contributed by atoms with E-state index < -0.39 is 0 Å². The number of anilines is 2. The second-order valence-corrected chi connectivity index (χ2v) is 6.74. The molecular weight excluding hydrogens is 296 g/mol. The topological polar surface area (TPSA) is 23.8 Å². The Bertz CT molecular complexity index is 872. The van der Waals surface area contributed by atoms with E-state index in [9.17, 15) is 0 Å². The van der Waals surface area contributed by atoms with Crippen molar-refractivity contribution >= 4 is 17.2 Å². The molecule has 3 heterocycles. The first-order chi connectivity index (χ1) is 11.6. The number of hydrogen-bond acceptors (Lipinski definition) is 3. The number of benzene rings is 1. The third-order valence-electron chi connectivity index (χ3n) is 5.17. The lowest BCUT2D eigenvalue weighted by Gasteiger charge is -2.37. The molecule has 1 aliphatic rings. The summed E-state index contributed by atoms with van der Waals surface area (Å²) in [6.07, 6.45) is 4.13. The molecule has 0 N–H and O–H groups in total. The Kier molecular flexibility index (Phi) is 3.68. The summed E-state index contributed by atoms with van der Waals surface area (Å²) in [5.74, 6) is 1.20. The van der Waals surface area contributed by atoms with E-state index in [-0.39, 0.29) is 0 Å². The number of rotatable bonds is 2. The van der Waals surface area contributed by atoms with Crippen molar-refractivity contribution in [2.24, 2.45) is 0 Å². The Morgan fingerprint density at radius 2 is 1.67 bits per heavy atom. The standard InChI is InChI=1S/C20H24N4/c1-15-7-8-24-19(13-15)21-14-20(24)23-11-9-22(10-12-23)18-6-4-5-16(2)17(18)3/h4-8,13-14H,9-12H2,1-3H3. The van der Waals surface area contributed by atoms with Crippen LogP contribution in [0.25, 0.3) is 5.65 Å². The van der Waals surface area contributed by atoms with Gasteiger partial charge in [0.15, 0.2) is 0 Å². The summed E-state index contributed by atoms with van der Waals surface area (Å²) < 4.78 is 2.20. The number of aromatic nitrogens is 2. The molecule has 0 radical (unpaired) electrons. The summed E-state index contributed by atoms with van der Waals surface area (Å²) in [4.78, 5) is 9.51. The fourth-order valence-corrected chi connectivity index (χ4v) is 3.56. The predicted molar refractivity (Wildman–Crippen MR) is 100 cm³/mol. The zero-order valence-electron chi connectivity index (χ0n) is 14.7. The van der Waals surface area contributed by atoms with Crippen molar-refractivity contribution in [2.45, 2.75) is 20.8 Å². The Balaban J connectivity index is 1.54. The molecule has 0 amide bonds. The van der Waals surface area contributed by atoms with Crippen LogP contribution in [0.4, 0.5) is 11.5 Å². The van der Waals surface area contributed by atoms with Gasteiger partial charge < -0.3 is 9.80 Å². The minimum absolute atomic E-state index is 1.02. The van der Waals surface area contributed by atoms with Crippen LogP contribution < -0.4 is 9.80 Å². The maximum absolute atomic E-state index is 4.57. The van der Waals surface area contributed by atoms with E-state index in [1.807, 2.05) is 6.20 Å². The van der Waals surface area contributed by atoms with Crippen LogP contribution in [0.5, 0.6) is 0 Å². The highest BCUT2D eigenvalue weighted by atomic mass is 15.3. The van der Waals surface area contributed by atoms with Crippen molar-refractivity contribution in [1.82, 2.24) is 9.38 Å². The zero-order valence-corrected chi connectivity index (χ0v) is 14.7. The van der Waals surface area contributed by atoms with E-state index in [0.29, 0.717) is 0 Å². The van der Waals surface area contributed by atoms with Crippen LogP contribution in [0.1, 0.15) is 16.7 Å². The molecule has 4 nitrogen and oxygen atoms in total. The molecule has 124 valence electrons. The van der Waals surface area contributed by atoms with Gasteiger partial charge in [0.2, 0.25) is 0 Å². The molecule has 0 spiro atoms. The van der Waals surface area contributed by atoms with Gasteiger partial charge in [-0.2, -0.15) is 0 Å². The van der Waals surface area contributed by atoms with Gasteiger partial charge in [-0.3, -0.25) is 4.40 Å². The number of piperazine rings is 1. The van der Waals surface area contributed by atoms with E-state index in [1.165, 1.54) is 28.2 Å². The minimum atomic E-state index is 1.02. The van der Waals surface area contributed by atoms with E-state index in [1.54, 1.807) is 0 Å². The lowest BCUT2D eigenvalue weighted by Crippen LogP contribution is -2.47. The normalized spacial score (nSPS) is 15.3. The van der Waals surface area contributed by atoms with Crippen LogP contribution in [0.2, 0.25) is 0 Å². The Morgan fingerprint density at radius 3 is 2.46 bits per heavy atom. The third kappa shape index (κ3) is 2.52. The minimum Gasteiger partial charge on any atom is -0.368 e. The van der Waals surface area contributed by atoms with Gasteiger partial charge in [0.05, 0.1) is 6.20 Å². The van der Waals surface area contributed by atoms with E-state index >= 15 is 0 Å². The number of fused-ring (bicyclic) bond motifs is 1. The van der Waals surface area contributed by atoms with Gasteiger partial charge in [0.1, 0.15) is 11.5 Å². The monoisotopic (exact) mass is 320 g/mol. The number of pyridine rings is 1. The summed E-state index contributed by atoms with van der Waals surface area (Å²) in [5, 5.41) is 0. The van der Waals surface area contributed by atoms with Crippen molar-refractivity contribution in [3.8, 4) is 0 Å². The van der Waals surface area contributed by atoms with Crippen LogP contribution in [0.3, 0.4) is 0 Å². The van der Waals surface area contributed by atoms with Crippen LogP contribution in [-0.2, 0) is 0 Å². The van der Waals surface area contributed by atoms with Gasteiger partial charge >= 0.3 is 0 Å². The van der Waals surface area contributed by atoms with Gasteiger partial charge in [0.25, 0.3) is 0 Å². The lowest BCUT2D eigenvalue weighted by molar-refractivity contribution is 0.644. The second kappa shape index (κ2) is 5.86. The first kappa shape index (κ1) is 15.1. The quantitative estimate of drug-likeness (QED) is 0.721. The molecule has 4 rings (SSSR count). The number of nitrogens with zero attached hydrogens (tertiary/aromatic N) is 4. The largest absolute Gasteiger partial charge is 0.368 e. The van der Waals surface area contributed by atoms with E-state index in [2.05, 4.69) is 76.5 Å². The molecule has 1 aliphatic heterocycles. The lowest BCUT2D eigenvalue weighted by atomic mass is 10.1. The maximum Gasteiger partial charge on any atom is 0.138 e. The van der Waals surface area contributed by atoms with Crippen molar-refractivity contribution in [1.29, 1.82) is 0 Å². The smallest absolute Gasteiger partial charge is 0.138 e. The fourth-order valence-electron chi connectivity index (χ4n) is 3.56. The molecule has 24 heavy (non-hydrogen) atoms. The Hall–Kier alpha value is -2.49. The average Bonchev–Trinajstić information content (AvgIpc) is 3.00. The summed E-state index contributed by atoms with van der Waals surface area (Å²) in [5.41, 5.74) is 6.42. The zero-order chi connectivity index (χ0) is 16.7. The number of imidazole rings is 1. The highest BCUT2D eigenvalue weighted by molar-refractivity contribution is 5.58. The fraction of sp³-hybridized carbons (Fsp3) is 0.350. The molecule has 4 heteroatoms. The Morgan fingerprint density at radius 1 is 0.917 bits per heavy atom. The molecule has 3 aromatic rings. The summed E-state index contributed by atoms with van der Waals surface area (Å²) in [6.45, 7) is 10.7. The third-order valence-corrected chi connectivity index (χ3v) is 5.17. The molecule has 1 aromatic carbocycles. The summed E-state index contributed by atoms with van der Waals surface area (Å²) >= 11 is 0. The van der Waals surface area contributed by atoms with Gasteiger partial charge in [-0.25, -0.2) is 4.98 Å². The molecule has 1 fully saturated rings. The molecule has 0 bridgehead atoms. The number of aryl methyl sites for hydroxylation is 2. The average molecular weight is 320 g/mol. The second-order valence-electron chi connectivity index (χ2n) is 6.74. The van der Waals surface area contributed by atoms with Crippen molar-refractivity contribution in [3.05, 3.63) is 59.4 Å².